The van der Waals surface area contributed by atoms with Crippen molar-refractivity contribution in [2.24, 2.45) is 0 Å². The van der Waals surface area contributed by atoms with E-state index in [1.165, 1.54) is 30.7 Å². The first-order valence-corrected chi connectivity index (χ1v) is 7.39. The van der Waals surface area contributed by atoms with Crippen molar-refractivity contribution in [1.29, 1.82) is 0 Å². The molecule has 0 radical (unpaired) electrons. The molecule has 1 aromatic carbocycles. The van der Waals surface area contributed by atoms with Crippen molar-refractivity contribution >= 4 is 19.7 Å². The summed E-state index contributed by atoms with van der Waals surface area (Å²) in [4.78, 5) is -0.0765. The first-order chi connectivity index (χ1) is 8.32. The van der Waals surface area contributed by atoms with Gasteiger partial charge in [-0.1, -0.05) is 12.1 Å². The zero-order valence-corrected chi connectivity index (χ0v) is 11.3. The number of aryl methyl sites for hydroxylation is 1. The molecule has 1 aromatic heterocycles. The molecule has 0 atom stereocenters. The minimum absolute atomic E-state index is 0.0765. The average Bonchev–Trinajstić information content (AvgIpc) is 2.54. The number of hydrogen-bond acceptors (Lipinski definition) is 3. The van der Waals surface area contributed by atoms with Crippen LogP contribution in [0.5, 0.6) is 0 Å². The molecule has 0 saturated carbocycles. The average molecular weight is 289 g/mol. The number of hydrogen-bond donors (Lipinski definition) is 0. The summed E-state index contributed by atoms with van der Waals surface area (Å²) in [5.41, 5.74) is 0.711. The maximum absolute atomic E-state index is 13.6. The maximum atomic E-state index is 13.6. The van der Waals surface area contributed by atoms with Crippen molar-refractivity contribution in [1.82, 2.24) is 9.78 Å². The minimum Gasteiger partial charge on any atom is -0.233 e. The van der Waals surface area contributed by atoms with Crippen molar-refractivity contribution in [3.8, 4) is 5.69 Å². The summed E-state index contributed by atoms with van der Waals surface area (Å²) < 4.78 is 37.7. The van der Waals surface area contributed by atoms with Crippen molar-refractivity contribution in [2.75, 3.05) is 0 Å². The fraction of sp³-hybridized carbons (Fsp3) is 0.182. The van der Waals surface area contributed by atoms with Crippen LogP contribution in [-0.2, 0) is 9.05 Å². The van der Waals surface area contributed by atoms with E-state index in [4.69, 9.17) is 10.7 Å². The van der Waals surface area contributed by atoms with Gasteiger partial charge in [0.05, 0.1) is 11.4 Å². The Labute approximate surface area is 108 Å². The van der Waals surface area contributed by atoms with Gasteiger partial charge >= 0.3 is 0 Å². The Kier molecular flexibility index (Phi) is 3.16. The first kappa shape index (κ1) is 13.0. The normalized spacial score (nSPS) is 11.8. The quantitative estimate of drug-likeness (QED) is 0.798. The Morgan fingerprint density at radius 2 is 1.89 bits per heavy atom. The van der Waals surface area contributed by atoms with Gasteiger partial charge in [-0.15, -0.1) is 0 Å². The summed E-state index contributed by atoms with van der Waals surface area (Å²) in [7, 11) is 1.44. The van der Waals surface area contributed by atoms with Gasteiger partial charge in [0.2, 0.25) is 0 Å². The van der Waals surface area contributed by atoms with Crippen LogP contribution in [0, 0.1) is 19.7 Å². The molecule has 0 aliphatic carbocycles. The van der Waals surface area contributed by atoms with Gasteiger partial charge < -0.3 is 0 Å². The molecule has 7 heteroatoms. The number of para-hydroxylation sites is 1. The highest BCUT2D eigenvalue weighted by atomic mass is 35.7. The van der Waals surface area contributed by atoms with Gasteiger partial charge in [0, 0.05) is 10.7 Å². The topological polar surface area (TPSA) is 52.0 Å². The highest BCUT2D eigenvalue weighted by molar-refractivity contribution is 8.13. The van der Waals surface area contributed by atoms with Crippen LogP contribution in [0.1, 0.15) is 11.4 Å². The maximum Gasteiger partial charge on any atom is 0.264 e. The third kappa shape index (κ3) is 2.13. The second-order valence-corrected chi connectivity index (χ2v) is 6.30. The molecule has 2 rings (SSSR count). The smallest absolute Gasteiger partial charge is 0.233 e. The lowest BCUT2D eigenvalue weighted by Crippen LogP contribution is -2.02. The lowest BCUT2D eigenvalue weighted by Gasteiger charge is -2.05. The zero-order chi connectivity index (χ0) is 13.5. The number of nitrogens with zero attached hydrogens (tertiary/aromatic N) is 2. The van der Waals surface area contributed by atoms with Crippen LogP contribution in [0.3, 0.4) is 0 Å². The molecule has 0 aliphatic heterocycles. The minimum atomic E-state index is -3.90. The van der Waals surface area contributed by atoms with Gasteiger partial charge in [0.15, 0.2) is 0 Å². The summed E-state index contributed by atoms with van der Waals surface area (Å²) in [6, 6.07) is 5.98. The van der Waals surface area contributed by atoms with E-state index in [1.807, 2.05) is 0 Å². The molecular weight excluding hydrogens is 279 g/mol. The summed E-state index contributed by atoms with van der Waals surface area (Å²) >= 11 is 0. The number of rotatable bonds is 2. The van der Waals surface area contributed by atoms with Crippen LogP contribution < -0.4 is 0 Å². The molecule has 2 aromatic rings. The first-order valence-electron chi connectivity index (χ1n) is 5.08. The van der Waals surface area contributed by atoms with Crippen LogP contribution in [0.15, 0.2) is 29.2 Å². The predicted molar refractivity (Wildman–Crippen MR) is 66.0 cm³/mol. The summed E-state index contributed by atoms with van der Waals surface area (Å²) in [5, 5.41) is 4.02. The molecule has 0 fully saturated rings. The lowest BCUT2D eigenvalue weighted by molar-refractivity contribution is 0.604. The molecule has 0 unspecified atom stereocenters. The van der Waals surface area contributed by atoms with E-state index in [0.29, 0.717) is 0 Å². The number of halogens is 2. The summed E-state index contributed by atoms with van der Waals surface area (Å²) in [6.45, 7) is 3.04. The monoisotopic (exact) mass is 288 g/mol. The van der Waals surface area contributed by atoms with Gasteiger partial charge in [-0.2, -0.15) is 5.10 Å². The molecule has 0 amide bonds. The van der Waals surface area contributed by atoms with Crippen molar-refractivity contribution in [3.05, 3.63) is 41.5 Å². The van der Waals surface area contributed by atoms with Crippen LogP contribution in [0.4, 0.5) is 4.39 Å². The third-order valence-corrected chi connectivity index (χ3v) is 4.09. The Bertz CT molecular complexity index is 710. The Hall–Kier alpha value is -1.40. The summed E-state index contributed by atoms with van der Waals surface area (Å²) in [5.74, 6) is -0.485. The molecule has 4 nitrogen and oxygen atoms in total. The Morgan fingerprint density at radius 3 is 2.39 bits per heavy atom. The van der Waals surface area contributed by atoms with Gasteiger partial charge in [0.1, 0.15) is 16.4 Å². The van der Waals surface area contributed by atoms with Gasteiger partial charge in [-0.3, -0.25) is 0 Å². The molecular formula is C11H10ClFN2O2S. The Morgan fingerprint density at radius 1 is 1.28 bits per heavy atom. The van der Waals surface area contributed by atoms with Crippen molar-refractivity contribution in [2.45, 2.75) is 18.7 Å². The van der Waals surface area contributed by atoms with E-state index in [0.717, 1.165) is 0 Å². The second kappa shape index (κ2) is 4.37. The fourth-order valence-electron chi connectivity index (χ4n) is 1.84. The molecule has 0 saturated heterocycles. The van der Waals surface area contributed by atoms with Crippen molar-refractivity contribution in [3.63, 3.8) is 0 Å². The zero-order valence-electron chi connectivity index (χ0n) is 9.68. The predicted octanol–water partition coefficient (Wildman–Crippen LogP) is 2.56. The van der Waals surface area contributed by atoms with E-state index >= 15 is 0 Å². The second-order valence-electron chi connectivity index (χ2n) is 3.80. The Balaban J connectivity index is 2.74. The van der Waals surface area contributed by atoms with E-state index in [2.05, 4.69) is 5.10 Å². The number of aromatic nitrogens is 2. The number of benzene rings is 1. The summed E-state index contributed by atoms with van der Waals surface area (Å²) in [6.07, 6.45) is 0. The van der Waals surface area contributed by atoms with E-state index in [-0.39, 0.29) is 22.0 Å². The standard InChI is InChI=1S/C11H10ClFN2O2S/c1-7-11(18(12,16)17)8(2)15(14-7)10-6-4-3-5-9(10)13/h3-6H,1-2H3. The van der Waals surface area contributed by atoms with Gasteiger partial charge in [-0.05, 0) is 26.0 Å². The van der Waals surface area contributed by atoms with Crippen LogP contribution in [-0.4, -0.2) is 18.2 Å². The molecule has 1 heterocycles. The highest BCUT2D eigenvalue weighted by Crippen LogP contribution is 2.26. The van der Waals surface area contributed by atoms with E-state index in [9.17, 15) is 12.8 Å². The molecule has 0 bridgehead atoms. The lowest BCUT2D eigenvalue weighted by atomic mass is 10.3. The van der Waals surface area contributed by atoms with Crippen LogP contribution in [0.25, 0.3) is 5.69 Å². The van der Waals surface area contributed by atoms with E-state index in [1.54, 1.807) is 12.1 Å². The molecule has 18 heavy (non-hydrogen) atoms. The largest absolute Gasteiger partial charge is 0.264 e. The molecule has 0 aliphatic rings. The van der Waals surface area contributed by atoms with Crippen LogP contribution >= 0.6 is 10.7 Å². The fourth-order valence-corrected chi connectivity index (χ4v) is 3.34. The molecule has 96 valence electrons. The molecule has 0 N–H and O–H groups in total. The SMILES string of the molecule is Cc1nn(-c2ccccc2F)c(C)c1S(=O)(=O)Cl. The highest BCUT2D eigenvalue weighted by Gasteiger charge is 2.23. The van der Waals surface area contributed by atoms with Crippen LogP contribution in [0.2, 0.25) is 0 Å². The van der Waals surface area contributed by atoms with E-state index < -0.39 is 14.9 Å². The van der Waals surface area contributed by atoms with Crippen molar-refractivity contribution < 1.29 is 12.8 Å². The van der Waals surface area contributed by atoms with Gasteiger partial charge in [-0.25, -0.2) is 17.5 Å². The van der Waals surface area contributed by atoms with Gasteiger partial charge in [0.25, 0.3) is 9.05 Å². The molecule has 0 spiro atoms. The third-order valence-electron chi connectivity index (χ3n) is 2.55.